The second kappa shape index (κ2) is 9.80. The van der Waals surface area contributed by atoms with Gasteiger partial charge in [0, 0.05) is 10.6 Å². The van der Waals surface area contributed by atoms with Crippen molar-refractivity contribution in [3.8, 4) is 0 Å². The molecule has 1 aromatic carbocycles. The summed E-state index contributed by atoms with van der Waals surface area (Å²) in [4.78, 5) is 28.8. The largest absolute Gasteiger partial charge is 0.456 e. The molecule has 8 heteroatoms. The Labute approximate surface area is 166 Å². The standard InChI is InChI=1S/C18H18Cl2N2O3S/c1-11-3-5-13(6-4-11)26-8-7-17(24)25-10-16(23)22-18-15(20)9-14(19)12(2)21-18/h3-6,9H,7-8,10H2,1-2H3,(H,21,22,23). The molecular formula is C18H18Cl2N2O3S. The Kier molecular flexibility index (Phi) is 7.75. The molecule has 138 valence electrons. The van der Waals surface area contributed by atoms with E-state index in [2.05, 4.69) is 10.3 Å². The second-order valence-electron chi connectivity index (χ2n) is 5.51. The third-order valence-corrected chi connectivity index (χ3v) is 5.01. The monoisotopic (exact) mass is 412 g/mol. The van der Waals surface area contributed by atoms with Crippen molar-refractivity contribution in [1.82, 2.24) is 4.98 Å². The molecule has 0 aliphatic rings. The molecule has 0 unspecified atom stereocenters. The maximum Gasteiger partial charge on any atom is 0.307 e. The number of carbonyl (C=O) groups excluding carboxylic acids is 2. The highest BCUT2D eigenvalue weighted by molar-refractivity contribution is 7.99. The number of pyridine rings is 1. The van der Waals surface area contributed by atoms with Crippen molar-refractivity contribution in [3.05, 3.63) is 51.6 Å². The third-order valence-electron chi connectivity index (χ3n) is 3.32. The second-order valence-corrected chi connectivity index (χ2v) is 7.49. The lowest BCUT2D eigenvalue weighted by atomic mass is 10.2. The van der Waals surface area contributed by atoms with Crippen LogP contribution in [-0.2, 0) is 14.3 Å². The SMILES string of the molecule is Cc1ccc(SCCC(=O)OCC(=O)Nc2nc(C)c(Cl)cc2Cl)cc1. The smallest absolute Gasteiger partial charge is 0.307 e. The fraction of sp³-hybridized carbons (Fsp3) is 0.278. The molecule has 0 saturated carbocycles. The predicted molar refractivity (Wildman–Crippen MR) is 105 cm³/mol. The molecule has 0 bridgehead atoms. The van der Waals surface area contributed by atoms with Crippen LogP contribution in [0.4, 0.5) is 5.82 Å². The fourth-order valence-corrected chi connectivity index (χ4v) is 3.16. The minimum absolute atomic E-state index is 0.185. The molecule has 0 saturated heterocycles. The molecule has 5 nitrogen and oxygen atoms in total. The van der Waals surface area contributed by atoms with E-state index in [0.717, 1.165) is 4.90 Å². The maximum absolute atomic E-state index is 11.9. The first-order chi connectivity index (χ1) is 12.3. The number of rotatable bonds is 7. The highest BCUT2D eigenvalue weighted by atomic mass is 35.5. The van der Waals surface area contributed by atoms with E-state index in [1.165, 1.54) is 11.6 Å². The summed E-state index contributed by atoms with van der Waals surface area (Å²) in [7, 11) is 0. The van der Waals surface area contributed by atoms with Crippen LogP contribution in [0.1, 0.15) is 17.7 Å². The van der Waals surface area contributed by atoms with Gasteiger partial charge in [-0.05, 0) is 32.0 Å². The Morgan fingerprint density at radius 1 is 1.15 bits per heavy atom. The summed E-state index contributed by atoms with van der Waals surface area (Å²) in [5.74, 6) is -0.191. The predicted octanol–water partition coefficient (Wildman–Crippen LogP) is 4.67. The summed E-state index contributed by atoms with van der Waals surface area (Å²) < 4.78 is 4.97. The molecule has 26 heavy (non-hydrogen) atoms. The van der Waals surface area contributed by atoms with Crippen LogP contribution < -0.4 is 5.32 Å². The molecule has 0 aliphatic heterocycles. The van der Waals surface area contributed by atoms with Crippen LogP contribution in [0.3, 0.4) is 0 Å². The molecule has 0 atom stereocenters. The average molecular weight is 413 g/mol. The highest BCUT2D eigenvalue weighted by Gasteiger charge is 2.12. The van der Waals surface area contributed by atoms with Gasteiger partial charge in [0.25, 0.3) is 5.91 Å². The van der Waals surface area contributed by atoms with Gasteiger partial charge in [0.2, 0.25) is 0 Å². The fourth-order valence-electron chi connectivity index (χ4n) is 1.92. The molecule has 1 N–H and O–H groups in total. The minimum Gasteiger partial charge on any atom is -0.456 e. The van der Waals surface area contributed by atoms with Crippen LogP contribution in [0.5, 0.6) is 0 Å². The van der Waals surface area contributed by atoms with Crippen molar-refractivity contribution in [2.75, 3.05) is 17.7 Å². The topological polar surface area (TPSA) is 68.3 Å². The van der Waals surface area contributed by atoms with Crippen LogP contribution in [0.25, 0.3) is 0 Å². The summed E-state index contributed by atoms with van der Waals surface area (Å²) in [6.45, 7) is 3.32. The zero-order valence-corrected chi connectivity index (χ0v) is 16.7. The van der Waals surface area contributed by atoms with Crippen molar-refractivity contribution in [2.24, 2.45) is 0 Å². The number of nitrogens with one attached hydrogen (secondary N) is 1. The van der Waals surface area contributed by atoms with Crippen LogP contribution in [0.15, 0.2) is 35.2 Å². The number of benzene rings is 1. The normalized spacial score (nSPS) is 10.5. The Morgan fingerprint density at radius 2 is 1.85 bits per heavy atom. The lowest BCUT2D eigenvalue weighted by molar-refractivity contribution is -0.146. The number of aromatic nitrogens is 1. The summed E-state index contributed by atoms with van der Waals surface area (Å²) in [5, 5.41) is 3.12. The third kappa shape index (κ3) is 6.52. The summed E-state index contributed by atoms with van der Waals surface area (Å²) in [5.41, 5.74) is 1.72. The van der Waals surface area contributed by atoms with E-state index in [9.17, 15) is 9.59 Å². The average Bonchev–Trinajstić information content (AvgIpc) is 2.59. The van der Waals surface area contributed by atoms with E-state index in [1.807, 2.05) is 31.2 Å². The van der Waals surface area contributed by atoms with Crippen molar-refractivity contribution >= 4 is 52.7 Å². The number of halogens is 2. The van der Waals surface area contributed by atoms with Crippen LogP contribution in [-0.4, -0.2) is 29.2 Å². The zero-order chi connectivity index (χ0) is 19.1. The van der Waals surface area contributed by atoms with Gasteiger partial charge in [-0.2, -0.15) is 0 Å². The van der Waals surface area contributed by atoms with Crippen LogP contribution in [0.2, 0.25) is 10.0 Å². The van der Waals surface area contributed by atoms with E-state index >= 15 is 0 Å². The number of esters is 1. The molecule has 1 heterocycles. The first-order valence-corrected chi connectivity index (χ1v) is 9.57. The number of hydrogen-bond acceptors (Lipinski definition) is 5. The molecule has 0 aliphatic carbocycles. The Hall–Kier alpha value is -1.76. The lowest BCUT2D eigenvalue weighted by Gasteiger charge is -2.09. The van der Waals surface area contributed by atoms with Crippen LogP contribution in [0, 0.1) is 13.8 Å². The quantitative estimate of drug-likeness (QED) is 0.528. The van der Waals surface area contributed by atoms with Gasteiger partial charge in [0.15, 0.2) is 12.4 Å². The van der Waals surface area contributed by atoms with Crippen molar-refractivity contribution in [3.63, 3.8) is 0 Å². The molecule has 0 spiro atoms. The van der Waals surface area contributed by atoms with Gasteiger partial charge in [-0.15, -0.1) is 11.8 Å². The van der Waals surface area contributed by atoms with Gasteiger partial charge in [-0.1, -0.05) is 40.9 Å². The van der Waals surface area contributed by atoms with Gasteiger partial charge < -0.3 is 10.1 Å². The van der Waals surface area contributed by atoms with Gasteiger partial charge in [-0.25, -0.2) is 4.98 Å². The number of ether oxygens (including phenoxy) is 1. The minimum atomic E-state index is -0.513. The Bertz CT molecular complexity index is 798. The molecule has 1 amide bonds. The van der Waals surface area contributed by atoms with E-state index in [0.29, 0.717) is 16.5 Å². The van der Waals surface area contributed by atoms with Crippen molar-refractivity contribution < 1.29 is 14.3 Å². The summed E-state index contributed by atoms with van der Waals surface area (Å²) in [6, 6.07) is 9.54. The Balaban J connectivity index is 1.72. The van der Waals surface area contributed by atoms with Gasteiger partial charge >= 0.3 is 5.97 Å². The molecule has 2 rings (SSSR count). The number of thioether (sulfide) groups is 1. The number of amides is 1. The molecule has 0 radical (unpaired) electrons. The number of carbonyl (C=O) groups is 2. The summed E-state index contributed by atoms with van der Waals surface area (Å²) in [6.07, 6.45) is 0.213. The molecule has 1 aromatic heterocycles. The highest BCUT2D eigenvalue weighted by Crippen LogP contribution is 2.25. The summed E-state index contributed by atoms with van der Waals surface area (Å²) >= 11 is 13.4. The number of anilines is 1. The van der Waals surface area contributed by atoms with Crippen molar-refractivity contribution in [1.29, 1.82) is 0 Å². The Morgan fingerprint density at radius 3 is 2.54 bits per heavy atom. The van der Waals surface area contributed by atoms with Crippen molar-refractivity contribution in [2.45, 2.75) is 25.2 Å². The zero-order valence-electron chi connectivity index (χ0n) is 14.3. The number of nitrogens with zero attached hydrogens (tertiary/aromatic N) is 1. The lowest BCUT2D eigenvalue weighted by Crippen LogP contribution is -2.22. The number of hydrogen-bond donors (Lipinski definition) is 1. The molecular weight excluding hydrogens is 395 g/mol. The van der Waals surface area contributed by atoms with Gasteiger partial charge in [0.1, 0.15) is 0 Å². The molecule has 0 fully saturated rings. The first-order valence-electron chi connectivity index (χ1n) is 7.82. The van der Waals surface area contributed by atoms with Gasteiger partial charge in [-0.3, -0.25) is 9.59 Å². The first kappa shape index (κ1) is 20.6. The maximum atomic E-state index is 11.9. The van der Waals surface area contributed by atoms with E-state index < -0.39 is 18.5 Å². The van der Waals surface area contributed by atoms with E-state index in [4.69, 9.17) is 27.9 Å². The number of aryl methyl sites for hydroxylation is 2. The van der Waals surface area contributed by atoms with Crippen LogP contribution >= 0.6 is 35.0 Å². The van der Waals surface area contributed by atoms with Gasteiger partial charge in [0.05, 0.1) is 22.2 Å². The van der Waals surface area contributed by atoms with E-state index in [1.54, 1.807) is 18.7 Å². The van der Waals surface area contributed by atoms with E-state index in [-0.39, 0.29) is 17.3 Å². The molecule has 2 aromatic rings.